The Balaban J connectivity index is 2.46. The normalized spacial score (nSPS) is 10.6. The van der Waals surface area contributed by atoms with Crippen LogP contribution < -0.4 is 5.32 Å². The van der Waals surface area contributed by atoms with Crippen LogP contribution in [-0.4, -0.2) is 10.9 Å². The maximum atomic E-state index is 13.4. The molecule has 0 aliphatic carbocycles. The average Bonchev–Trinajstić information content (AvgIpc) is 2.48. The van der Waals surface area contributed by atoms with Crippen LogP contribution in [0.15, 0.2) is 18.3 Å². The van der Waals surface area contributed by atoms with Crippen molar-refractivity contribution in [3.63, 3.8) is 0 Å². The van der Waals surface area contributed by atoms with E-state index in [9.17, 15) is 26.7 Å². The Hall–Kier alpha value is -2.22. The zero-order valence-electron chi connectivity index (χ0n) is 9.86. The summed E-state index contributed by atoms with van der Waals surface area (Å²) >= 11 is 5.59. The van der Waals surface area contributed by atoms with Crippen molar-refractivity contribution in [1.82, 2.24) is 4.98 Å². The molecule has 1 aromatic heterocycles. The fraction of sp³-hybridized carbons (Fsp3) is 0. The van der Waals surface area contributed by atoms with Gasteiger partial charge in [0.1, 0.15) is 10.8 Å². The minimum Gasteiger partial charge on any atom is -0.317 e. The maximum absolute atomic E-state index is 13.4. The molecule has 0 unspecified atom stereocenters. The highest BCUT2D eigenvalue weighted by molar-refractivity contribution is 6.33. The van der Waals surface area contributed by atoms with Gasteiger partial charge in [0.2, 0.25) is 5.82 Å². The number of benzene rings is 1. The second kappa shape index (κ2) is 5.65. The van der Waals surface area contributed by atoms with E-state index in [-0.39, 0.29) is 10.7 Å². The third kappa shape index (κ3) is 2.66. The number of halogens is 6. The van der Waals surface area contributed by atoms with Gasteiger partial charge >= 0.3 is 0 Å². The maximum Gasteiger partial charge on any atom is 0.258 e. The Kier molecular flexibility index (Phi) is 4.08. The first-order valence-electron chi connectivity index (χ1n) is 5.28. The molecular weight excluding hydrogens is 319 g/mol. The van der Waals surface area contributed by atoms with Gasteiger partial charge in [-0.2, -0.15) is 0 Å². The van der Waals surface area contributed by atoms with Crippen LogP contribution in [0, 0.1) is 29.1 Å². The van der Waals surface area contributed by atoms with E-state index < -0.39 is 40.7 Å². The summed E-state index contributed by atoms with van der Waals surface area (Å²) in [6.07, 6.45) is 1.25. The summed E-state index contributed by atoms with van der Waals surface area (Å²) in [6, 6.07) is 2.47. The summed E-state index contributed by atoms with van der Waals surface area (Å²) in [5.74, 6) is -12.1. The third-order valence-electron chi connectivity index (χ3n) is 2.45. The molecule has 2 aromatic rings. The van der Waals surface area contributed by atoms with Gasteiger partial charge in [0.15, 0.2) is 23.3 Å². The van der Waals surface area contributed by atoms with Crippen LogP contribution >= 0.6 is 11.6 Å². The van der Waals surface area contributed by atoms with Gasteiger partial charge in [-0.3, -0.25) is 4.79 Å². The SMILES string of the molecule is O=C(Nc1c(F)c(F)c(F)c(F)c1F)c1cccnc1Cl. The van der Waals surface area contributed by atoms with E-state index in [0.29, 0.717) is 0 Å². The summed E-state index contributed by atoms with van der Waals surface area (Å²) < 4.78 is 65.6. The standard InChI is InChI=1S/C12H4ClF5N2O/c13-11-4(2-1-3-19-11)12(21)20-10-8(17)6(15)5(14)7(16)9(10)18/h1-3H,(H,20,21). The zero-order valence-corrected chi connectivity index (χ0v) is 10.6. The molecule has 3 nitrogen and oxygen atoms in total. The highest BCUT2D eigenvalue weighted by Gasteiger charge is 2.27. The molecular formula is C12H4ClF5N2O. The lowest BCUT2D eigenvalue weighted by Gasteiger charge is -2.10. The van der Waals surface area contributed by atoms with Crippen molar-refractivity contribution >= 4 is 23.2 Å². The number of nitrogens with one attached hydrogen (secondary N) is 1. The molecule has 21 heavy (non-hydrogen) atoms. The topological polar surface area (TPSA) is 42.0 Å². The van der Waals surface area contributed by atoms with Gasteiger partial charge in [0, 0.05) is 6.20 Å². The molecule has 1 N–H and O–H groups in total. The number of carbonyl (C=O) groups is 1. The Morgan fingerprint density at radius 2 is 1.52 bits per heavy atom. The first-order chi connectivity index (χ1) is 9.84. The lowest BCUT2D eigenvalue weighted by Crippen LogP contribution is -2.17. The van der Waals surface area contributed by atoms with Crippen LogP contribution in [-0.2, 0) is 0 Å². The van der Waals surface area contributed by atoms with E-state index >= 15 is 0 Å². The minimum absolute atomic E-state index is 0.289. The number of pyridine rings is 1. The van der Waals surface area contributed by atoms with Crippen LogP contribution in [0.2, 0.25) is 5.15 Å². The summed E-state index contributed by atoms with van der Waals surface area (Å²) in [4.78, 5) is 15.3. The van der Waals surface area contributed by atoms with Crippen molar-refractivity contribution in [3.05, 3.63) is 58.1 Å². The number of rotatable bonds is 2. The van der Waals surface area contributed by atoms with Crippen molar-refractivity contribution in [2.75, 3.05) is 5.32 Å². The van der Waals surface area contributed by atoms with Crippen molar-refractivity contribution in [3.8, 4) is 0 Å². The molecule has 0 aliphatic heterocycles. The molecule has 0 aliphatic rings. The first kappa shape index (κ1) is 15.2. The molecule has 0 bridgehead atoms. The second-order valence-electron chi connectivity index (χ2n) is 3.74. The van der Waals surface area contributed by atoms with Crippen LogP contribution in [0.4, 0.5) is 27.6 Å². The summed E-state index contributed by atoms with van der Waals surface area (Å²) in [7, 11) is 0. The zero-order chi connectivity index (χ0) is 15.7. The predicted molar refractivity (Wildman–Crippen MR) is 63.4 cm³/mol. The van der Waals surface area contributed by atoms with Gasteiger partial charge < -0.3 is 5.32 Å². The van der Waals surface area contributed by atoms with Gasteiger partial charge in [-0.25, -0.2) is 26.9 Å². The predicted octanol–water partition coefficient (Wildman–Crippen LogP) is 3.68. The minimum atomic E-state index is -2.32. The van der Waals surface area contributed by atoms with Gasteiger partial charge in [-0.15, -0.1) is 0 Å². The number of aromatic nitrogens is 1. The number of hydrogen-bond acceptors (Lipinski definition) is 2. The molecule has 0 saturated carbocycles. The molecule has 110 valence electrons. The molecule has 1 aromatic carbocycles. The lowest BCUT2D eigenvalue weighted by atomic mass is 10.2. The number of anilines is 1. The Morgan fingerprint density at radius 1 is 1.00 bits per heavy atom. The molecule has 1 amide bonds. The number of amides is 1. The summed E-state index contributed by atoms with van der Waals surface area (Å²) in [5.41, 5.74) is -1.75. The van der Waals surface area contributed by atoms with Crippen LogP contribution in [0.5, 0.6) is 0 Å². The van der Waals surface area contributed by atoms with E-state index in [4.69, 9.17) is 11.6 Å². The molecule has 0 spiro atoms. The quantitative estimate of drug-likeness (QED) is 0.396. The number of nitrogens with zero attached hydrogens (tertiary/aromatic N) is 1. The van der Waals surface area contributed by atoms with Crippen LogP contribution in [0.25, 0.3) is 0 Å². The fourth-order valence-corrected chi connectivity index (χ4v) is 1.66. The van der Waals surface area contributed by atoms with E-state index in [0.717, 1.165) is 6.07 Å². The van der Waals surface area contributed by atoms with E-state index in [1.54, 1.807) is 5.32 Å². The highest BCUT2D eigenvalue weighted by Crippen LogP contribution is 2.27. The van der Waals surface area contributed by atoms with Crippen LogP contribution in [0.3, 0.4) is 0 Å². The van der Waals surface area contributed by atoms with Crippen LogP contribution in [0.1, 0.15) is 10.4 Å². The monoisotopic (exact) mass is 322 g/mol. The molecule has 0 radical (unpaired) electrons. The van der Waals surface area contributed by atoms with Crippen molar-refractivity contribution in [2.45, 2.75) is 0 Å². The summed E-state index contributed by atoms with van der Waals surface area (Å²) in [5, 5.41) is 1.29. The van der Waals surface area contributed by atoms with Gasteiger partial charge in [-0.1, -0.05) is 11.6 Å². The third-order valence-corrected chi connectivity index (χ3v) is 2.75. The largest absolute Gasteiger partial charge is 0.317 e. The van der Waals surface area contributed by atoms with Gasteiger partial charge in [0.05, 0.1) is 5.56 Å². The van der Waals surface area contributed by atoms with E-state index in [1.165, 1.54) is 12.3 Å². The molecule has 1 heterocycles. The molecule has 0 saturated heterocycles. The molecule has 0 atom stereocenters. The van der Waals surface area contributed by atoms with Crippen molar-refractivity contribution in [2.24, 2.45) is 0 Å². The Morgan fingerprint density at radius 3 is 2.05 bits per heavy atom. The Bertz CT molecular complexity index is 709. The van der Waals surface area contributed by atoms with Crippen molar-refractivity contribution < 1.29 is 26.7 Å². The van der Waals surface area contributed by atoms with E-state index in [1.807, 2.05) is 0 Å². The fourth-order valence-electron chi connectivity index (χ4n) is 1.45. The number of hydrogen-bond donors (Lipinski definition) is 1. The average molecular weight is 323 g/mol. The van der Waals surface area contributed by atoms with Crippen molar-refractivity contribution in [1.29, 1.82) is 0 Å². The molecule has 9 heteroatoms. The molecule has 2 rings (SSSR count). The first-order valence-corrected chi connectivity index (χ1v) is 5.65. The second-order valence-corrected chi connectivity index (χ2v) is 4.10. The summed E-state index contributed by atoms with van der Waals surface area (Å²) in [6.45, 7) is 0. The smallest absolute Gasteiger partial charge is 0.258 e. The Labute approximate surface area is 119 Å². The number of carbonyl (C=O) groups excluding carboxylic acids is 1. The van der Waals surface area contributed by atoms with E-state index in [2.05, 4.69) is 4.98 Å². The highest BCUT2D eigenvalue weighted by atomic mass is 35.5. The lowest BCUT2D eigenvalue weighted by molar-refractivity contribution is 0.102. The molecule has 0 fully saturated rings. The van der Waals surface area contributed by atoms with Gasteiger partial charge in [-0.05, 0) is 12.1 Å². The van der Waals surface area contributed by atoms with Gasteiger partial charge in [0.25, 0.3) is 5.91 Å².